The molecule has 1 aliphatic rings. The van der Waals surface area contributed by atoms with Gasteiger partial charge in [0.2, 0.25) is 5.92 Å². The van der Waals surface area contributed by atoms with E-state index in [0.717, 1.165) is 30.9 Å². The number of rotatable bonds is 12. The minimum Gasteiger partial charge on any atom is -0.467 e. The van der Waals surface area contributed by atoms with Crippen molar-refractivity contribution in [3.05, 3.63) is 41.3 Å². The van der Waals surface area contributed by atoms with Gasteiger partial charge in [-0.25, -0.2) is 23.7 Å². The van der Waals surface area contributed by atoms with Gasteiger partial charge in [0.1, 0.15) is 5.82 Å². The van der Waals surface area contributed by atoms with E-state index in [2.05, 4.69) is 26.3 Å². The molecule has 3 rings (SSSR count). The average molecular weight is 463 g/mol. The van der Waals surface area contributed by atoms with Crippen molar-refractivity contribution < 1.29 is 23.0 Å². The molecule has 3 heterocycles. The molecule has 9 heteroatoms. The van der Waals surface area contributed by atoms with Crippen LogP contribution in [0, 0.1) is 0 Å². The minimum atomic E-state index is -2.93. The molecule has 2 aromatic heterocycles. The lowest BCUT2D eigenvalue weighted by Gasteiger charge is -2.23. The van der Waals surface area contributed by atoms with Gasteiger partial charge >= 0.3 is 12.0 Å². The van der Waals surface area contributed by atoms with Crippen molar-refractivity contribution in [1.29, 1.82) is 0 Å². The third kappa shape index (κ3) is 7.61. The molecular weight excluding hydrogens is 430 g/mol. The largest absolute Gasteiger partial charge is 0.467 e. The molecule has 1 atom stereocenters. The molecule has 1 unspecified atom stereocenters. The van der Waals surface area contributed by atoms with E-state index in [1.165, 1.54) is 25.1 Å². The number of nitrogens with one attached hydrogen (secondary N) is 1. The van der Waals surface area contributed by atoms with Gasteiger partial charge in [0.15, 0.2) is 0 Å². The first-order chi connectivity index (χ1) is 15.9. The zero-order valence-electron chi connectivity index (χ0n) is 19.3. The lowest BCUT2D eigenvalue weighted by molar-refractivity contribution is -0.144. The van der Waals surface area contributed by atoms with E-state index in [4.69, 9.17) is 9.47 Å². The van der Waals surface area contributed by atoms with Crippen LogP contribution in [-0.2, 0) is 22.4 Å². The zero-order chi connectivity index (χ0) is 23.7. The van der Waals surface area contributed by atoms with Gasteiger partial charge in [-0.2, -0.15) is 0 Å². The summed E-state index contributed by atoms with van der Waals surface area (Å²) in [6.07, 6.45) is 5.75. The average Bonchev–Trinajstić information content (AvgIpc) is 2.81. The number of esters is 1. The Bertz CT molecular complexity index is 909. The van der Waals surface area contributed by atoms with Gasteiger partial charge in [-0.15, -0.1) is 0 Å². The number of unbranched alkanes of at least 4 members (excludes halogenated alkanes) is 1. The number of carbonyl (C=O) groups excluding carboxylic acids is 1. The van der Waals surface area contributed by atoms with Gasteiger partial charge in [-0.1, -0.05) is 6.07 Å². The number of aryl methyl sites for hydroxylation is 2. The lowest BCUT2D eigenvalue weighted by Crippen LogP contribution is -2.23. The first-order valence-electron chi connectivity index (χ1n) is 11.5. The summed E-state index contributed by atoms with van der Waals surface area (Å²) in [6, 6.07) is 4.21. The number of nitrogens with zero attached hydrogens (tertiary/aromatic N) is 3. The van der Waals surface area contributed by atoms with Crippen LogP contribution in [0.25, 0.3) is 0 Å². The standard InChI is InChI=1S/C24H32F2N4O3/c1-3-33-21(31)13-18(19-15-28-23(32-2)29-16-19)14-24(25,26)11-5-4-8-20-10-9-17-7-6-12-27-22(17)30-20/h9-10,15-16,18H,3-8,11-14H2,1-2H3,(H,27,30). The third-order valence-corrected chi connectivity index (χ3v) is 5.74. The maximum Gasteiger partial charge on any atom is 0.316 e. The van der Waals surface area contributed by atoms with Crippen LogP contribution in [-0.4, -0.2) is 47.1 Å². The Morgan fingerprint density at radius 1 is 1.24 bits per heavy atom. The predicted octanol–water partition coefficient (Wildman–Crippen LogP) is 4.71. The van der Waals surface area contributed by atoms with Crippen LogP contribution in [0.5, 0.6) is 6.01 Å². The Morgan fingerprint density at radius 2 is 2.03 bits per heavy atom. The maximum absolute atomic E-state index is 14.8. The fourth-order valence-electron chi connectivity index (χ4n) is 4.03. The highest BCUT2D eigenvalue weighted by Gasteiger charge is 2.34. The number of methoxy groups -OCH3 is 1. The molecule has 2 aromatic rings. The summed E-state index contributed by atoms with van der Waals surface area (Å²) < 4.78 is 39.6. The zero-order valence-corrected chi connectivity index (χ0v) is 19.3. The van der Waals surface area contributed by atoms with Crippen LogP contribution in [0.1, 0.15) is 68.2 Å². The van der Waals surface area contributed by atoms with E-state index in [0.29, 0.717) is 24.8 Å². The van der Waals surface area contributed by atoms with Gasteiger partial charge in [0, 0.05) is 43.4 Å². The molecule has 7 nitrogen and oxygen atoms in total. The van der Waals surface area contributed by atoms with Crippen molar-refractivity contribution in [3.63, 3.8) is 0 Å². The number of anilines is 1. The third-order valence-electron chi connectivity index (χ3n) is 5.74. The molecule has 0 spiro atoms. The predicted molar refractivity (Wildman–Crippen MR) is 121 cm³/mol. The van der Waals surface area contributed by atoms with Gasteiger partial charge < -0.3 is 14.8 Å². The molecule has 0 saturated carbocycles. The molecule has 0 saturated heterocycles. The number of aromatic nitrogens is 3. The van der Waals surface area contributed by atoms with Gasteiger partial charge in [-0.05, 0) is 56.2 Å². The summed E-state index contributed by atoms with van der Waals surface area (Å²) in [5.41, 5.74) is 2.60. The van der Waals surface area contributed by atoms with Crippen LogP contribution in [0.2, 0.25) is 0 Å². The molecule has 0 fully saturated rings. The SMILES string of the molecule is CCOC(=O)CC(CC(F)(F)CCCCc1ccc2c(n1)NCCC2)c1cnc(OC)nc1. The molecular formula is C24H32F2N4O3. The molecule has 1 aliphatic heterocycles. The number of pyridine rings is 1. The van der Waals surface area contributed by atoms with Crippen molar-refractivity contribution in [2.45, 2.75) is 70.1 Å². The van der Waals surface area contributed by atoms with Gasteiger partial charge in [-0.3, -0.25) is 4.79 Å². The highest BCUT2D eigenvalue weighted by atomic mass is 19.3. The van der Waals surface area contributed by atoms with Crippen molar-refractivity contribution in [2.75, 3.05) is 25.6 Å². The highest BCUT2D eigenvalue weighted by molar-refractivity contribution is 5.70. The number of ether oxygens (including phenoxy) is 2. The molecule has 180 valence electrons. The Morgan fingerprint density at radius 3 is 2.76 bits per heavy atom. The number of hydrogen-bond acceptors (Lipinski definition) is 7. The summed E-state index contributed by atoms with van der Waals surface area (Å²) >= 11 is 0. The quantitative estimate of drug-likeness (QED) is 0.361. The van der Waals surface area contributed by atoms with E-state index < -0.39 is 24.2 Å². The van der Waals surface area contributed by atoms with Crippen LogP contribution in [0.3, 0.4) is 0 Å². The second-order valence-corrected chi connectivity index (χ2v) is 8.32. The molecule has 0 radical (unpaired) electrons. The molecule has 0 amide bonds. The fourth-order valence-corrected chi connectivity index (χ4v) is 4.03. The normalized spacial score (nSPS) is 14.2. The summed E-state index contributed by atoms with van der Waals surface area (Å²) in [7, 11) is 1.43. The number of hydrogen-bond donors (Lipinski definition) is 1. The Hall–Kier alpha value is -2.84. The van der Waals surface area contributed by atoms with Crippen LogP contribution < -0.4 is 10.1 Å². The molecule has 0 aromatic carbocycles. The van der Waals surface area contributed by atoms with Gasteiger partial charge in [0.25, 0.3) is 0 Å². The minimum absolute atomic E-state index is 0.145. The lowest BCUT2D eigenvalue weighted by atomic mass is 9.89. The van der Waals surface area contributed by atoms with E-state index in [1.807, 2.05) is 6.07 Å². The van der Waals surface area contributed by atoms with Crippen LogP contribution >= 0.6 is 0 Å². The van der Waals surface area contributed by atoms with Crippen LogP contribution in [0.4, 0.5) is 14.6 Å². The summed E-state index contributed by atoms with van der Waals surface area (Å²) in [5.74, 6) is -3.26. The number of alkyl halides is 2. The van der Waals surface area contributed by atoms with Crippen molar-refractivity contribution >= 4 is 11.8 Å². The van der Waals surface area contributed by atoms with E-state index >= 15 is 0 Å². The highest BCUT2D eigenvalue weighted by Crippen LogP contribution is 2.36. The topological polar surface area (TPSA) is 86.2 Å². The summed E-state index contributed by atoms with van der Waals surface area (Å²) in [4.78, 5) is 24.6. The summed E-state index contributed by atoms with van der Waals surface area (Å²) in [6.45, 7) is 2.81. The second kappa shape index (κ2) is 11.9. The molecule has 0 bridgehead atoms. The first-order valence-corrected chi connectivity index (χ1v) is 11.5. The molecule has 0 aliphatic carbocycles. The smallest absolute Gasteiger partial charge is 0.316 e. The summed E-state index contributed by atoms with van der Waals surface area (Å²) in [5, 5.41) is 3.30. The number of fused-ring (bicyclic) bond motifs is 1. The molecule has 1 N–H and O–H groups in total. The van der Waals surface area contributed by atoms with E-state index in [1.54, 1.807) is 6.92 Å². The number of carbonyl (C=O) groups is 1. The Kier molecular flexibility index (Phi) is 8.91. The van der Waals surface area contributed by atoms with Crippen molar-refractivity contribution in [3.8, 4) is 6.01 Å². The van der Waals surface area contributed by atoms with Gasteiger partial charge in [0.05, 0.1) is 20.1 Å². The van der Waals surface area contributed by atoms with Crippen LogP contribution in [0.15, 0.2) is 24.5 Å². The molecule has 33 heavy (non-hydrogen) atoms. The monoisotopic (exact) mass is 462 g/mol. The number of halogens is 2. The van der Waals surface area contributed by atoms with Crippen molar-refractivity contribution in [1.82, 2.24) is 15.0 Å². The first kappa shape index (κ1) is 24.8. The Balaban J connectivity index is 1.55. The second-order valence-electron chi connectivity index (χ2n) is 8.32. The van der Waals surface area contributed by atoms with Crippen molar-refractivity contribution in [2.24, 2.45) is 0 Å². The van der Waals surface area contributed by atoms with E-state index in [-0.39, 0.29) is 25.5 Å². The fraction of sp³-hybridized carbons (Fsp3) is 0.583. The Labute approximate surface area is 193 Å². The van der Waals surface area contributed by atoms with E-state index in [9.17, 15) is 13.6 Å². The maximum atomic E-state index is 14.8.